The predicted octanol–water partition coefficient (Wildman–Crippen LogP) is 5.29. The summed E-state index contributed by atoms with van der Waals surface area (Å²) in [5.41, 5.74) is 0.761. The molecule has 8 heteroatoms. The molecule has 0 aliphatic heterocycles. The fraction of sp³-hybridized carbons (Fsp3) is 0.333. The molecule has 0 spiro atoms. The molecule has 2 rings (SSSR count). The van der Waals surface area contributed by atoms with Gasteiger partial charge in [-0.25, -0.2) is 13.2 Å². The second kappa shape index (κ2) is 6.32. The fourth-order valence-corrected chi connectivity index (χ4v) is 3.51. The van der Waals surface area contributed by atoms with Crippen molar-refractivity contribution in [1.82, 2.24) is 10.2 Å². The van der Waals surface area contributed by atoms with Crippen LogP contribution >= 0.6 is 34.7 Å². The van der Waals surface area contributed by atoms with Crippen molar-refractivity contribution < 1.29 is 13.2 Å². The van der Waals surface area contributed by atoms with E-state index in [1.54, 1.807) is 24.3 Å². The molecule has 1 aromatic heterocycles. The van der Waals surface area contributed by atoms with Gasteiger partial charge in [-0.1, -0.05) is 42.0 Å². The molecular weight excluding hydrogens is 329 g/mol. The van der Waals surface area contributed by atoms with E-state index in [0.29, 0.717) is 21.8 Å². The zero-order valence-electron chi connectivity index (χ0n) is 10.3. The number of hydrogen-bond donors (Lipinski definition) is 0. The summed E-state index contributed by atoms with van der Waals surface area (Å²) in [5, 5.41) is 6.14. The number of alkyl halides is 3. The molecule has 0 saturated carbocycles. The summed E-state index contributed by atoms with van der Waals surface area (Å²) in [5.74, 6) is 0. The molecule has 1 heterocycles. The third-order valence-corrected chi connectivity index (χ3v) is 5.14. The molecule has 0 N–H and O–H groups in total. The first-order valence-electron chi connectivity index (χ1n) is 5.70. The van der Waals surface area contributed by atoms with E-state index in [-0.39, 0.29) is 10.8 Å². The van der Waals surface area contributed by atoms with Crippen molar-refractivity contribution in [3.8, 4) is 10.6 Å². The van der Waals surface area contributed by atoms with Crippen LogP contribution in [-0.2, 0) is 0 Å². The summed E-state index contributed by atoms with van der Waals surface area (Å²) in [6.45, 7) is 1.38. The maximum Gasteiger partial charge on any atom is 0.281 e. The van der Waals surface area contributed by atoms with E-state index in [1.165, 1.54) is 6.92 Å². The zero-order valence-corrected chi connectivity index (χ0v) is 12.7. The molecule has 1 unspecified atom stereocenters. The van der Waals surface area contributed by atoms with Gasteiger partial charge in [0.25, 0.3) is 6.43 Å². The number of hydrogen-bond acceptors (Lipinski definition) is 4. The predicted molar refractivity (Wildman–Crippen MR) is 76.3 cm³/mol. The monoisotopic (exact) mass is 338 g/mol. The average molecular weight is 339 g/mol. The maximum atomic E-state index is 13.9. The van der Waals surface area contributed by atoms with Crippen LogP contribution in [0, 0.1) is 0 Å². The van der Waals surface area contributed by atoms with Crippen molar-refractivity contribution in [2.24, 2.45) is 0 Å². The Morgan fingerprint density at radius 2 is 1.95 bits per heavy atom. The van der Waals surface area contributed by atoms with Gasteiger partial charge < -0.3 is 0 Å². The van der Waals surface area contributed by atoms with Crippen molar-refractivity contribution >= 4 is 34.7 Å². The lowest BCUT2D eigenvalue weighted by atomic mass is 10.2. The van der Waals surface area contributed by atoms with E-state index >= 15 is 0 Å². The molecule has 108 valence electrons. The molecule has 0 aliphatic carbocycles. The van der Waals surface area contributed by atoms with Gasteiger partial charge in [-0.2, -0.15) is 0 Å². The normalized spacial score (nSPS) is 14.5. The minimum atomic E-state index is -3.07. The van der Waals surface area contributed by atoms with Crippen LogP contribution in [0.25, 0.3) is 10.6 Å². The lowest BCUT2D eigenvalue weighted by Gasteiger charge is -2.19. The Kier molecular flexibility index (Phi) is 4.93. The quantitative estimate of drug-likeness (QED) is 0.692. The smallest absolute Gasteiger partial charge is 0.225 e. The van der Waals surface area contributed by atoms with Crippen molar-refractivity contribution in [2.45, 2.75) is 29.1 Å². The van der Waals surface area contributed by atoms with Crippen LogP contribution in [-0.4, -0.2) is 21.6 Å². The van der Waals surface area contributed by atoms with Gasteiger partial charge in [0.15, 0.2) is 4.34 Å². The lowest BCUT2D eigenvalue weighted by Crippen LogP contribution is -2.26. The van der Waals surface area contributed by atoms with Gasteiger partial charge in [0.2, 0.25) is 5.00 Å². The third-order valence-electron chi connectivity index (χ3n) is 2.56. The van der Waals surface area contributed by atoms with Crippen LogP contribution in [0.5, 0.6) is 0 Å². The number of thioether (sulfide) groups is 1. The number of rotatable bonds is 5. The third kappa shape index (κ3) is 3.45. The summed E-state index contributed by atoms with van der Waals surface area (Å²) < 4.78 is 39.5. The molecule has 0 fully saturated rings. The molecule has 0 amide bonds. The molecule has 20 heavy (non-hydrogen) atoms. The van der Waals surface area contributed by atoms with Crippen molar-refractivity contribution in [2.75, 3.05) is 0 Å². The summed E-state index contributed by atoms with van der Waals surface area (Å²) in [4.78, 5) is 0. The van der Waals surface area contributed by atoms with Gasteiger partial charge in [-0.3, -0.25) is 0 Å². The molecular formula is C12H10ClF3N2S2. The van der Waals surface area contributed by atoms with Crippen LogP contribution in [0.3, 0.4) is 0 Å². The Labute approximate surface area is 127 Å². The Morgan fingerprint density at radius 3 is 2.50 bits per heavy atom. The van der Waals surface area contributed by atoms with Gasteiger partial charge in [0.05, 0.1) is 0 Å². The highest BCUT2D eigenvalue weighted by atomic mass is 35.5. The van der Waals surface area contributed by atoms with Gasteiger partial charge in [-0.15, -0.1) is 10.2 Å². The highest BCUT2D eigenvalue weighted by molar-refractivity contribution is 8.02. The number of benzene rings is 1. The first-order chi connectivity index (χ1) is 9.44. The van der Waals surface area contributed by atoms with E-state index < -0.39 is 11.4 Å². The molecule has 0 aliphatic rings. The summed E-state index contributed by atoms with van der Waals surface area (Å²) in [6, 6.07) is 6.87. The van der Waals surface area contributed by atoms with Gasteiger partial charge in [-0.05, 0) is 30.3 Å². The minimum absolute atomic E-state index is 0.180. The Hall–Kier alpha value is -0.790. The van der Waals surface area contributed by atoms with E-state index in [1.807, 2.05) is 0 Å². The standard InChI is InChI=1S/C12H10ClF3N2S2/c1-2-12(16,10(14)15)20-11-18-17-9(19-11)7-3-5-8(13)6-4-7/h3-6,10H,2H2,1H3. The van der Waals surface area contributed by atoms with Crippen molar-refractivity contribution in [3.63, 3.8) is 0 Å². The first-order valence-corrected chi connectivity index (χ1v) is 7.71. The Balaban J connectivity index is 2.19. The highest BCUT2D eigenvalue weighted by Gasteiger charge is 2.41. The van der Waals surface area contributed by atoms with Crippen molar-refractivity contribution in [3.05, 3.63) is 29.3 Å². The van der Waals surface area contributed by atoms with Crippen molar-refractivity contribution in [1.29, 1.82) is 0 Å². The van der Waals surface area contributed by atoms with Gasteiger partial charge in [0, 0.05) is 10.6 Å². The fourth-order valence-electron chi connectivity index (χ4n) is 1.38. The first kappa shape index (κ1) is 15.6. The van der Waals surface area contributed by atoms with Crippen LogP contribution in [0.15, 0.2) is 28.6 Å². The van der Waals surface area contributed by atoms with Crippen LogP contribution in [0.4, 0.5) is 13.2 Å². The van der Waals surface area contributed by atoms with Crippen LogP contribution in [0.2, 0.25) is 5.02 Å². The second-order valence-electron chi connectivity index (χ2n) is 3.92. The van der Waals surface area contributed by atoms with Gasteiger partial charge in [0.1, 0.15) is 5.01 Å². The molecule has 1 atom stereocenters. The largest absolute Gasteiger partial charge is 0.281 e. The maximum absolute atomic E-state index is 13.9. The average Bonchev–Trinajstić information content (AvgIpc) is 2.87. The van der Waals surface area contributed by atoms with E-state index in [2.05, 4.69) is 10.2 Å². The minimum Gasteiger partial charge on any atom is -0.225 e. The SMILES string of the molecule is CCC(F)(Sc1nnc(-c2ccc(Cl)cc2)s1)C(F)F. The number of halogens is 4. The number of nitrogens with zero attached hydrogens (tertiary/aromatic N) is 2. The highest BCUT2D eigenvalue weighted by Crippen LogP contribution is 2.43. The van der Waals surface area contributed by atoms with Crippen LogP contribution < -0.4 is 0 Å². The Morgan fingerprint density at radius 1 is 1.30 bits per heavy atom. The topological polar surface area (TPSA) is 25.8 Å². The molecule has 0 bridgehead atoms. The Bertz CT molecular complexity index is 576. The summed E-state index contributed by atoms with van der Waals surface area (Å²) in [6.07, 6.45) is -3.37. The second-order valence-corrected chi connectivity index (χ2v) is 6.86. The molecule has 0 radical (unpaired) electrons. The summed E-state index contributed by atoms with van der Waals surface area (Å²) >= 11 is 7.27. The van der Waals surface area contributed by atoms with E-state index in [9.17, 15) is 13.2 Å². The van der Waals surface area contributed by atoms with Gasteiger partial charge >= 0.3 is 0 Å². The van der Waals surface area contributed by atoms with E-state index in [4.69, 9.17) is 11.6 Å². The molecule has 0 saturated heterocycles. The zero-order chi connectivity index (χ0) is 14.8. The molecule has 1 aromatic carbocycles. The number of aromatic nitrogens is 2. The summed E-state index contributed by atoms with van der Waals surface area (Å²) in [7, 11) is 0. The molecule has 2 nitrogen and oxygen atoms in total. The van der Waals surface area contributed by atoms with E-state index in [0.717, 1.165) is 16.9 Å². The lowest BCUT2D eigenvalue weighted by molar-refractivity contribution is 0.0252. The van der Waals surface area contributed by atoms with Crippen LogP contribution in [0.1, 0.15) is 13.3 Å². The molecule has 2 aromatic rings.